The third-order valence-corrected chi connectivity index (χ3v) is 3.91. The van der Waals surface area contributed by atoms with Crippen molar-refractivity contribution in [1.29, 1.82) is 0 Å². The maximum absolute atomic E-state index is 12.3. The number of para-hydroxylation sites is 1. The highest BCUT2D eigenvalue weighted by atomic mass is 32.1. The number of hydrogen-bond acceptors (Lipinski definition) is 4. The van der Waals surface area contributed by atoms with Crippen molar-refractivity contribution in [2.24, 2.45) is 0 Å². The van der Waals surface area contributed by atoms with Crippen molar-refractivity contribution >= 4 is 39.9 Å². The summed E-state index contributed by atoms with van der Waals surface area (Å²) in [6, 6.07) is 14.7. The number of carbonyl (C=O) groups excluding carboxylic acids is 1. The number of amides is 1. The molecule has 1 amide bonds. The highest BCUT2D eigenvalue weighted by Crippen LogP contribution is 2.26. The highest BCUT2D eigenvalue weighted by Gasteiger charge is 2.11. The molecule has 2 aromatic carbocycles. The molecule has 0 atom stereocenters. The predicted molar refractivity (Wildman–Crippen MR) is 103 cm³/mol. The standard InChI is InChI=1S/C19H16N2O3S/c1-11-9-14(21-19(25)20-12(2)22)7-8-15(11)16-10-13-5-3-4-6-17(13)24-18(16)23/h3-10H,1-2H3,(H2,20,21,22,25). The first-order valence-corrected chi connectivity index (χ1v) is 8.07. The zero-order valence-electron chi connectivity index (χ0n) is 13.8. The van der Waals surface area contributed by atoms with Crippen LogP contribution >= 0.6 is 12.2 Å². The van der Waals surface area contributed by atoms with Crippen molar-refractivity contribution in [3.05, 3.63) is 64.5 Å². The summed E-state index contributed by atoms with van der Waals surface area (Å²) in [5, 5.41) is 6.53. The van der Waals surface area contributed by atoms with E-state index in [1.165, 1.54) is 6.92 Å². The zero-order chi connectivity index (χ0) is 18.0. The van der Waals surface area contributed by atoms with Gasteiger partial charge in [0.05, 0.1) is 5.56 Å². The van der Waals surface area contributed by atoms with E-state index in [1.54, 1.807) is 12.1 Å². The van der Waals surface area contributed by atoms with Gasteiger partial charge in [0, 0.05) is 18.0 Å². The molecule has 25 heavy (non-hydrogen) atoms. The first-order chi connectivity index (χ1) is 11.9. The van der Waals surface area contributed by atoms with E-state index in [4.69, 9.17) is 16.6 Å². The van der Waals surface area contributed by atoms with Gasteiger partial charge in [-0.15, -0.1) is 0 Å². The molecule has 3 aromatic rings. The third kappa shape index (κ3) is 3.75. The Morgan fingerprint density at radius 2 is 1.84 bits per heavy atom. The smallest absolute Gasteiger partial charge is 0.344 e. The van der Waals surface area contributed by atoms with Gasteiger partial charge in [0.1, 0.15) is 5.58 Å². The Bertz CT molecular complexity index is 1040. The van der Waals surface area contributed by atoms with Crippen molar-refractivity contribution in [2.45, 2.75) is 13.8 Å². The van der Waals surface area contributed by atoms with Crippen LogP contribution in [0, 0.1) is 6.92 Å². The van der Waals surface area contributed by atoms with Crippen molar-refractivity contribution in [1.82, 2.24) is 5.32 Å². The number of aryl methyl sites for hydroxylation is 1. The van der Waals surface area contributed by atoms with Gasteiger partial charge in [0.25, 0.3) is 0 Å². The molecule has 0 unspecified atom stereocenters. The van der Waals surface area contributed by atoms with Gasteiger partial charge in [-0.25, -0.2) is 4.79 Å². The van der Waals surface area contributed by atoms with E-state index in [9.17, 15) is 9.59 Å². The summed E-state index contributed by atoms with van der Waals surface area (Å²) in [6.07, 6.45) is 0. The maximum atomic E-state index is 12.3. The Kier molecular flexibility index (Phi) is 4.63. The van der Waals surface area contributed by atoms with Crippen LogP contribution in [0.1, 0.15) is 12.5 Å². The molecule has 1 aromatic heterocycles. The van der Waals surface area contributed by atoms with E-state index in [-0.39, 0.29) is 16.6 Å². The second-order valence-corrected chi connectivity index (χ2v) is 6.06. The summed E-state index contributed by atoms with van der Waals surface area (Å²) in [6.45, 7) is 3.29. The molecule has 0 saturated heterocycles. The first kappa shape index (κ1) is 16.9. The van der Waals surface area contributed by atoms with Crippen LogP contribution in [0.5, 0.6) is 0 Å². The van der Waals surface area contributed by atoms with Crippen molar-refractivity contribution in [3.63, 3.8) is 0 Å². The molecule has 0 spiro atoms. The first-order valence-electron chi connectivity index (χ1n) is 7.66. The number of benzene rings is 2. The number of nitrogens with one attached hydrogen (secondary N) is 2. The molecule has 2 N–H and O–H groups in total. The monoisotopic (exact) mass is 352 g/mol. The Morgan fingerprint density at radius 3 is 2.56 bits per heavy atom. The molecule has 0 aliphatic rings. The lowest BCUT2D eigenvalue weighted by Crippen LogP contribution is -2.32. The number of carbonyl (C=O) groups is 1. The number of anilines is 1. The fraction of sp³-hybridized carbons (Fsp3) is 0.105. The number of hydrogen-bond donors (Lipinski definition) is 2. The average molecular weight is 352 g/mol. The summed E-state index contributed by atoms with van der Waals surface area (Å²) in [4.78, 5) is 23.3. The molecular formula is C19H16N2O3S. The fourth-order valence-electron chi connectivity index (χ4n) is 2.62. The van der Waals surface area contributed by atoms with Crippen LogP contribution in [-0.2, 0) is 4.79 Å². The second-order valence-electron chi connectivity index (χ2n) is 5.65. The summed E-state index contributed by atoms with van der Waals surface area (Å²) < 4.78 is 5.40. The van der Waals surface area contributed by atoms with E-state index < -0.39 is 0 Å². The summed E-state index contributed by atoms with van der Waals surface area (Å²) >= 11 is 5.05. The zero-order valence-corrected chi connectivity index (χ0v) is 14.6. The Morgan fingerprint density at radius 1 is 1.08 bits per heavy atom. The van der Waals surface area contributed by atoms with Crippen molar-refractivity contribution in [2.75, 3.05) is 5.32 Å². The lowest BCUT2D eigenvalue weighted by atomic mass is 10.0. The van der Waals surface area contributed by atoms with Crippen LogP contribution in [-0.4, -0.2) is 11.0 Å². The van der Waals surface area contributed by atoms with E-state index >= 15 is 0 Å². The van der Waals surface area contributed by atoms with Crippen LogP contribution < -0.4 is 16.3 Å². The van der Waals surface area contributed by atoms with E-state index in [1.807, 2.05) is 43.3 Å². The molecular weight excluding hydrogens is 336 g/mol. The SMILES string of the molecule is CC(=O)NC(=S)Nc1ccc(-c2cc3ccccc3oc2=O)c(C)c1. The summed E-state index contributed by atoms with van der Waals surface area (Å²) in [7, 11) is 0. The summed E-state index contributed by atoms with van der Waals surface area (Å²) in [5.74, 6) is -0.236. The van der Waals surface area contributed by atoms with Crippen LogP contribution in [0.3, 0.4) is 0 Å². The Hall–Kier alpha value is -2.99. The van der Waals surface area contributed by atoms with Gasteiger partial charge < -0.3 is 15.1 Å². The largest absolute Gasteiger partial charge is 0.422 e. The van der Waals surface area contributed by atoms with Gasteiger partial charge in [0.15, 0.2) is 5.11 Å². The molecule has 6 heteroatoms. The van der Waals surface area contributed by atoms with Crippen molar-refractivity contribution < 1.29 is 9.21 Å². The molecule has 0 aliphatic heterocycles. The normalized spacial score (nSPS) is 10.5. The van der Waals surface area contributed by atoms with Gasteiger partial charge in [0.2, 0.25) is 5.91 Å². The fourth-order valence-corrected chi connectivity index (χ4v) is 2.88. The molecule has 0 fully saturated rings. The molecule has 3 rings (SSSR count). The Labute approximate surface area is 149 Å². The molecule has 126 valence electrons. The molecule has 5 nitrogen and oxygen atoms in total. The van der Waals surface area contributed by atoms with Gasteiger partial charge in [-0.3, -0.25) is 4.79 Å². The van der Waals surface area contributed by atoms with Crippen LogP contribution in [0.4, 0.5) is 5.69 Å². The minimum atomic E-state index is -0.378. The van der Waals surface area contributed by atoms with Gasteiger partial charge in [-0.1, -0.05) is 24.3 Å². The van der Waals surface area contributed by atoms with Crippen molar-refractivity contribution in [3.8, 4) is 11.1 Å². The predicted octanol–water partition coefficient (Wildman–Crippen LogP) is 3.60. The van der Waals surface area contributed by atoms with E-state index in [0.717, 1.165) is 22.2 Å². The van der Waals surface area contributed by atoms with Gasteiger partial charge in [-0.05, 0) is 54.5 Å². The Balaban J connectivity index is 1.96. The minimum Gasteiger partial charge on any atom is -0.422 e. The quantitative estimate of drug-likeness (QED) is 0.545. The third-order valence-electron chi connectivity index (χ3n) is 3.71. The number of thiocarbonyl (C=S) groups is 1. The van der Waals surface area contributed by atoms with Crippen LogP contribution in [0.2, 0.25) is 0 Å². The van der Waals surface area contributed by atoms with Crippen LogP contribution in [0.25, 0.3) is 22.1 Å². The molecule has 1 heterocycles. The summed E-state index contributed by atoms with van der Waals surface area (Å²) in [5.41, 5.74) is 3.09. The van der Waals surface area contributed by atoms with E-state index in [0.29, 0.717) is 11.1 Å². The maximum Gasteiger partial charge on any atom is 0.344 e. The minimum absolute atomic E-state index is 0.227. The molecule has 0 radical (unpaired) electrons. The molecule has 0 saturated carbocycles. The average Bonchev–Trinajstić information content (AvgIpc) is 2.54. The topological polar surface area (TPSA) is 71.3 Å². The molecule has 0 bridgehead atoms. The number of rotatable bonds is 2. The lowest BCUT2D eigenvalue weighted by molar-refractivity contribution is -0.117. The lowest BCUT2D eigenvalue weighted by Gasteiger charge is -2.11. The van der Waals surface area contributed by atoms with E-state index in [2.05, 4.69) is 10.6 Å². The van der Waals surface area contributed by atoms with Crippen LogP contribution in [0.15, 0.2) is 57.7 Å². The number of fused-ring (bicyclic) bond motifs is 1. The van der Waals surface area contributed by atoms with Gasteiger partial charge in [-0.2, -0.15) is 0 Å². The van der Waals surface area contributed by atoms with Gasteiger partial charge >= 0.3 is 5.63 Å². The second kappa shape index (κ2) is 6.86. The molecule has 0 aliphatic carbocycles. The highest BCUT2D eigenvalue weighted by molar-refractivity contribution is 7.80.